The Morgan fingerprint density at radius 2 is 1.90 bits per heavy atom. The van der Waals surface area contributed by atoms with Gasteiger partial charge in [0.2, 0.25) is 0 Å². The van der Waals surface area contributed by atoms with Gasteiger partial charge in [-0.3, -0.25) is 4.90 Å². The summed E-state index contributed by atoms with van der Waals surface area (Å²) in [6, 6.07) is 0.418. The summed E-state index contributed by atoms with van der Waals surface area (Å²) in [5.41, 5.74) is 1.68. The van der Waals surface area contributed by atoms with Crippen LogP contribution in [0, 0.1) is 0 Å². The van der Waals surface area contributed by atoms with E-state index >= 15 is 0 Å². The fourth-order valence-corrected chi connectivity index (χ4v) is 5.29. The molecule has 4 heteroatoms. The zero-order valence-corrected chi connectivity index (χ0v) is 15.3. The topological polar surface area (TPSA) is 15.3 Å². The minimum atomic E-state index is 0.246. The Kier molecular flexibility index (Phi) is 6.09. The van der Waals surface area contributed by atoms with Gasteiger partial charge in [-0.15, -0.1) is 0 Å². The van der Waals surface area contributed by atoms with Crippen LogP contribution in [-0.2, 0) is 0 Å². The van der Waals surface area contributed by atoms with Crippen molar-refractivity contribution in [3.8, 4) is 0 Å². The van der Waals surface area contributed by atoms with Crippen LogP contribution in [0.1, 0.15) is 58.1 Å². The number of nitrogens with one attached hydrogen (secondary N) is 1. The van der Waals surface area contributed by atoms with E-state index in [9.17, 15) is 0 Å². The first kappa shape index (κ1) is 16.5. The zero-order valence-electron chi connectivity index (χ0n) is 12.9. The van der Waals surface area contributed by atoms with E-state index in [1.165, 1.54) is 48.8 Å². The summed E-state index contributed by atoms with van der Waals surface area (Å²) in [5, 5.41) is 8.30. The first-order valence-corrected chi connectivity index (χ1v) is 9.63. The molecular formula is C16H27BrN2S. The molecule has 20 heavy (non-hydrogen) atoms. The molecule has 0 radical (unpaired) electrons. The molecule has 0 aromatic carbocycles. The normalized spacial score (nSPS) is 18.6. The molecule has 1 unspecified atom stereocenters. The van der Waals surface area contributed by atoms with Crippen LogP contribution in [0.5, 0.6) is 0 Å². The molecule has 0 saturated carbocycles. The highest BCUT2D eigenvalue weighted by atomic mass is 79.9. The fourth-order valence-electron chi connectivity index (χ4n) is 3.74. The van der Waals surface area contributed by atoms with Gasteiger partial charge in [-0.05, 0) is 72.2 Å². The van der Waals surface area contributed by atoms with Gasteiger partial charge in [-0.2, -0.15) is 11.3 Å². The molecular weight excluding hydrogens is 332 g/mol. The lowest BCUT2D eigenvalue weighted by Gasteiger charge is -2.47. The highest BCUT2D eigenvalue weighted by molar-refractivity contribution is 9.10. The molecule has 2 nitrogen and oxygen atoms in total. The van der Waals surface area contributed by atoms with Crippen molar-refractivity contribution in [2.75, 3.05) is 19.6 Å². The maximum Gasteiger partial charge on any atom is 0.0526 e. The number of rotatable bonds is 7. The first-order chi connectivity index (χ1) is 9.69. The quantitative estimate of drug-likeness (QED) is 0.751. The monoisotopic (exact) mass is 358 g/mol. The Hall–Kier alpha value is 0.1000. The maximum atomic E-state index is 3.78. The van der Waals surface area contributed by atoms with Crippen molar-refractivity contribution in [3.63, 3.8) is 0 Å². The predicted molar refractivity (Wildman–Crippen MR) is 92.6 cm³/mol. The second-order valence-corrected chi connectivity index (χ2v) is 7.27. The summed E-state index contributed by atoms with van der Waals surface area (Å²) in [7, 11) is 0. The number of hydrogen-bond acceptors (Lipinski definition) is 3. The van der Waals surface area contributed by atoms with E-state index in [-0.39, 0.29) is 5.54 Å². The molecule has 2 heterocycles. The van der Waals surface area contributed by atoms with E-state index in [0.29, 0.717) is 6.04 Å². The van der Waals surface area contributed by atoms with E-state index in [1.54, 1.807) is 11.3 Å². The third-order valence-electron chi connectivity index (χ3n) is 4.86. The third kappa shape index (κ3) is 2.99. The number of hydrogen-bond donors (Lipinski definition) is 1. The summed E-state index contributed by atoms with van der Waals surface area (Å²) >= 11 is 5.54. The SMILES string of the molecule is CCNC(c1cscc1Br)C(CC)(CC)N1CCCC1. The third-order valence-corrected chi connectivity index (χ3v) is 6.61. The van der Waals surface area contributed by atoms with Crippen LogP contribution in [0.3, 0.4) is 0 Å². The summed E-state index contributed by atoms with van der Waals surface area (Å²) in [6.07, 6.45) is 5.10. The lowest BCUT2D eigenvalue weighted by Crippen LogP contribution is -2.55. The Bertz CT molecular complexity index is 408. The number of thiophene rings is 1. The van der Waals surface area contributed by atoms with Crippen molar-refractivity contribution in [1.29, 1.82) is 0 Å². The largest absolute Gasteiger partial charge is 0.309 e. The van der Waals surface area contributed by atoms with Crippen LogP contribution < -0.4 is 5.32 Å². The number of likely N-dealkylation sites (N-methyl/N-ethyl adjacent to an activating group) is 1. The summed E-state index contributed by atoms with van der Waals surface area (Å²) in [6.45, 7) is 10.4. The van der Waals surface area contributed by atoms with E-state index in [2.05, 4.69) is 57.7 Å². The molecule has 0 aliphatic carbocycles. The van der Waals surface area contributed by atoms with E-state index in [4.69, 9.17) is 0 Å². The summed E-state index contributed by atoms with van der Waals surface area (Å²) in [5.74, 6) is 0. The van der Waals surface area contributed by atoms with E-state index < -0.39 is 0 Å². The van der Waals surface area contributed by atoms with Gasteiger partial charge in [0, 0.05) is 15.4 Å². The van der Waals surface area contributed by atoms with E-state index in [1.807, 2.05) is 0 Å². The van der Waals surface area contributed by atoms with Crippen molar-refractivity contribution in [1.82, 2.24) is 10.2 Å². The molecule has 0 amide bonds. The molecule has 1 fully saturated rings. The van der Waals surface area contributed by atoms with Crippen molar-refractivity contribution in [3.05, 3.63) is 20.8 Å². The Balaban J connectivity index is 2.39. The molecule has 1 atom stereocenters. The van der Waals surface area contributed by atoms with Crippen LogP contribution in [0.4, 0.5) is 0 Å². The van der Waals surface area contributed by atoms with Gasteiger partial charge in [0.15, 0.2) is 0 Å². The van der Waals surface area contributed by atoms with Gasteiger partial charge < -0.3 is 5.32 Å². The second kappa shape index (κ2) is 7.39. The lowest BCUT2D eigenvalue weighted by molar-refractivity contribution is 0.0622. The Morgan fingerprint density at radius 1 is 1.25 bits per heavy atom. The van der Waals surface area contributed by atoms with Gasteiger partial charge >= 0.3 is 0 Å². The van der Waals surface area contributed by atoms with Crippen molar-refractivity contribution in [2.45, 2.75) is 58.0 Å². The summed E-state index contributed by atoms with van der Waals surface area (Å²) < 4.78 is 1.26. The highest BCUT2D eigenvalue weighted by Crippen LogP contribution is 2.42. The Morgan fingerprint density at radius 3 is 2.35 bits per heavy atom. The van der Waals surface area contributed by atoms with Gasteiger partial charge in [0.25, 0.3) is 0 Å². The number of nitrogens with zero attached hydrogens (tertiary/aromatic N) is 1. The molecule has 1 aliphatic rings. The molecule has 114 valence electrons. The zero-order chi connectivity index (χ0) is 14.6. The predicted octanol–water partition coefficient (Wildman–Crippen LogP) is 4.82. The minimum absolute atomic E-state index is 0.246. The first-order valence-electron chi connectivity index (χ1n) is 7.89. The standard InChI is InChI=1S/C16H27BrN2S/c1-4-16(5-2,19-9-7-8-10-19)15(18-6-3)13-11-20-12-14(13)17/h11-12,15,18H,4-10H2,1-3H3. The Labute approximate surface area is 136 Å². The molecule has 1 N–H and O–H groups in total. The molecule has 1 aliphatic heterocycles. The van der Waals surface area contributed by atoms with Crippen LogP contribution in [-0.4, -0.2) is 30.1 Å². The molecule has 1 aromatic rings. The van der Waals surface area contributed by atoms with Gasteiger partial charge in [0.05, 0.1) is 6.04 Å². The van der Waals surface area contributed by atoms with E-state index in [0.717, 1.165) is 6.54 Å². The van der Waals surface area contributed by atoms with Crippen LogP contribution in [0.2, 0.25) is 0 Å². The van der Waals surface area contributed by atoms with Crippen molar-refractivity contribution >= 4 is 27.3 Å². The van der Waals surface area contributed by atoms with Crippen molar-refractivity contribution < 1.29 is 0 Å². The average molecular weight is 359 g/mol. The molecule has 1 aromatic heterocycles. The number of likely N-dealkylation sites (tertiary alicyclic amines) is 1. The smallest absolute Gasteiger partial charge is 0.0526 e. The average Bonchev–Trinajstić information content (AvgIpc) is 3.11. The van der Waals surface area contributed by atoms with Gasteiger partial charge in [-0.1, -0.05) is 20.8 Å². The minimum Gasteiger partial charge on any atom is -0.309 e. The van der Waals surface area contributed by atoms with Crippen LogP contribution in [0.15, 0.2) is 15.2 Å². The molecule has 1 saturated heterocycles. The fraction of sp³-hybridized carbons (Fsp3) is 0.750. The van der Waals surface area contributed by atoms with Crippen LogP contribution in [0.25, 0.3) is 0 Å². The lowest BCUT2D eigenvalue weighted by atomic mass is 9.80. The van der Waals surface area contributed by atoms with Crippen molar-refractivity contribution in [2.24, 2.45) is 0 Å². The summed E-state index contributed by atoms with van der Waals surface area (Å²) in [4.78, 5) is 2.74. The van der Waals surface area contributed by atoms with Gasteiger partial charge in [0.1, 0.15) is 0 Å². The maximum absolute atomic E-state index is 3.78. The molecule has 2 rings (SSSR count). The molecule has 0 bridgehead atoms. The number of halogens is 1. The highest BCUT2D eigenvalue weighted by Gasteiger charge is 2.43. The molecule has 0 spiro atoms. The van der Waals surface area contributed by atoms with Crippen LogP contribution >= 0.6 is 27.3 Å². The second-order valence-electron chi connectivity index (χ2n) is 5.67. The van der Waals surface area contributed by atoms with Gasteiger partial charge in [-0.25, -0.2) is 0 Å².